The second-order valence-electron chi connectivity index (χ2n) is 5.91. The van der Waals surface area contributed by atoms with E-state index in [9.17, 15) is 0 Å². The quantitative estimate of drug-likeness (QED) is 0.918. The van der Waals surface area contributed by atoms with Crippen molar-refractivity contribution in [1.82, 2.24) is 9.97 Å². The van der Waals surface area contributed by atoms with Crippen molar-refractivity contribution in [3.63, 3.8) is 0 Å². The molecule has 1 N–H and O–H groups in total. The zero-order valence-electron chi connectivity index (χ0n) is 13.3. The summed E-state index contributed by atoms with van der Waals surface area (Å²) < 4.78 is 5.13. The molecule has 1 aromatic heterocycles. The smallest absolute Gasteiger partial charge is 0.156 e. The summed E-state index contributed by atoms with van der Waals surface area (Å²) in [5.41, 5.74) is 3.96. The van der Waals surface area contributed by atoms with E-state index in [-0.39, 0.29) is 0 Å². The lowest BCUT2D eigenvalue weighted by molar-refractivity contribution is 0.177. The molecule has 0 saturated heterocycles. The molecule has 1 atom stereocenters. The van der Waals surface area contributed by atoms with Gasteiger partial charge in [0.15, 0.2) is 5.82 Å². The lowest BCUT2D eigenvalue weighted by Crippen LogP contribution is -2.19. The molecule has 0 amide bonds. The summed E-state index contributed by atoms with van der Waals surface area (Å²) in [5.74, 6) is 2.18. The van der Waals surface area contributed by atoms with Crippen molar-refractivity contribution < 1.29 is 4.74 Å². The number of aromatic nitrogens is 2. The van der Waals surface area contributed by atoms with Gasteiger partial charge in [-0.3, -0.25) is 0 Å². The summed E-state index contributed by atoms with van der Waals surface area (Å²) >= 11 is 0. The van der Waals surface area contributed by atoms with Crippen molar-refractivity contribution in [3.8, 4) is 0 Å². The van der Waals surface area contributed by atoms with Crippen LogP contribution in [0.25, 0.3) is 0 Å². The average molecular weight is 297 g/mol. The highest BCUT2D eigenvalue weighted by Crippen LogP contribution is 2.31. The van der Waals surface area contributed by atoms with Gasteiger partial charge in [-0.05, 0) is 37.3 Å². The summed E-state index contributed by atoms with van der Waals surface area (Å²) in [6.07, 6.45) is 3.71. The third kappa shape index (κ3) is 3.45. The molecule has 0 bridgehead atoms. The van der Waals surface area contributed by atoms with Gasteiger partial charge in [-0.1, -0.05) is 24.3 Å². The minimum atomic E-state index is 0.447. The van der Waals surface area contributed by atoms with Crippen LogP contribution in [0.3, 0.4) is 0 Å². The van der Waals surface area contributed by atoms with Crippen LogP contribution < -0.4 is 5.32 Å². The highest BCUT2D eigenvalue weighted by atomic mass is 16.5. The van der Waals surface area contributed by atoms with Crippen molar-refractivity contribution in [2.75, 3.05) is 19.0 Å². The summed E-state index contributed by atoms with van der Waals surface area (Å²) in [4.78, 5) is 8.89. The van der Waals surface area contributed by atoms with Gasteiger partial charge in [-0.2, -0.15) is 0 Å². The Hall–Kier alpha value is -1.94. The van der Waals surface area contributed by atoms with E-state index in [0.717, 1.165) is 23.9 Å². The highest BCUT2D eigenvalue weighted by Gasteiger charge is 2.19. The molecule has 1 aromatic carbocycles. The number of fused-ring (bicyclic) bond motifs is 1. The first-order valence-corrected chi connectivity index (χ1v) is 7.91. The fraction of sp³-hybridized carbons (Fsp3) is 0.444. The van der Waals surface area contributed by atoms with Gasteiger partial charge in [-0.15, -0.1) is 0 Å². The molecule has 0 fully saturated rings. The number of benzene rings is 1. The summed E-state index contributed by atoms with van der Waals surface area (Å²) in [6, 6.07) is 10.8. The van der Waals surface area contributed by atoms with Crippen molar-refractivity contribution in [1.29, 1.82) is 0 Å². The van der Waals surface area contributed by atoms with E-state index in [1.807, 2.05) is 13.0 Å². The number of hydrogen-bond donors (Lipinski definition) is 1. The Morgan fingerprint density at radius 2 is 2.14 bits per heavy atom. The molecular weight excluding hydrogens is 274 g/mol. The fourth-order valence-electron chi connectivity index (χ4n) is 3.21. The molecule has 1 aliphatic carbocycles. The van der Waals surface area contributed by atoms with Crippen LogP contribution in [0.4, 0.5) is 5.82 Å². The Kier molecular flexibility index (Phi) is 4.68. The minimum absolute atomic E-state index is 0.447. The van der Waals surface area contributed by atoms with Crippen molar-refractivity contribution in [2.24, 2.45) is 0 Å². The molecule has 2 aromatic rings. The van der Waals surface area contributed by atoms with Crippen LogP contribution >= 0.6 is 0 Å². The third-order valence-electron chi connectivity index (χ3n) is 4.20. The summed E-state index contributed by atoms with van der Waals surface area (Å²) in [5, 5.41) is 3.49. The van der Waals surface area contributed by atoms with E-state index in [2.05, 4.69) is 39.6 Å². The Morgan fingerprint density at radius 1 is 1.27 bits per heavy atom. The maximum absolute atomic E-state index is 5.13. The summed E-state index contributed by atoms with van der Waals surface area (Å²) in [7, 11) is 1.66. The number of nitrogens with zero attached hydrogens (tertiary/aromatic N) is 2. The van der Waals surface area contributed by atoms with Gasteiger partial charge in [0.25, 0.3) is 0 Å². The SMILES string of the molecule is COCc1nc(C)cc(NCC2CCCc3ccccc32)n1. The molecule has 116 valence electrons. The molecule has 4 nitrogen and oxygen atoms in total. The molecule has 0 radical (unpaired) electrons. The Bertz CT molecular complexity index is 642. The number of methoxy groups -OCH3 is 1. The summed E-state index contributed by atoms with van der Waals surface area (Å²) in [6.45, 7) is 3.35. The highest BCUT2D eigenvalue weighted by molar-refractivity contribution is 5.39. The van der Waals surface area contributed by atoms with E-state index in [4.69, 9.17) is 4.74 Å². The average Bonchev–Trinajstić information content (AvgIpc) is 2.53. The van der Waals surface area contributed by atoms with Crippen LogP contribution in [0.5, 0.6) is 0 Å². The number of rotatable bonds is 5. The molecule has 0 aliphatic heterocycles. The molecule has 1 unspecified atom stereocenters. The van der Waals surface area contributed by atoms with Crippen LogP contribution in [0.15, 0.2) is 30.3 Å². The van der Waals surface area contributed by atoms with Crippen LogP contribution in [0.1, 0.15) is 41.4 Å². The minimum Gasteiger partial charge on any atom is -0.377 e. The van der Waals surface area contributed by atoms with E-state index in [1.165, 1.54) is 30.4 Å². The predicted molar refractivity (Wildman–Crippen MR) is 88.1 cm³/mol. The maximum atomic E-state index is 5.13. The zero-order chi connectivity index (χ0) is 15.4. The van der Waals surface area contributed by atoms with E-state index in [1.54, 1.807) is 7.11 Å². The van der Waals surface area contributed by atoms with Crippen molar-refractivity contribution in [3.05, 3.63) is 53.0 Å². The molecule has 0 saturated carbocycles. The molecule has 22 heavy (non-hydrogen) atoms. The second-order valence-corrected chi connectivity index (χ2v) is 5.91. The van der Waals surface area contributed by atoms with Gasteiger partial charge in [0.05, 0.1) is 0 Å². The second kappa shape index (κ2) is 6.88. The molecule has 1 aliphatic rings. The first-order valence-electron chi connectivity index (χ1n) is 7.91. The van der Waals surface area contributed by atoms with Crippen molar-refractivity contribution in [2.45, 2.75) is 38.7 Å². The molecule has 3 rings (SSSR count). The largest absolute Gasteiger partial charge is 0.377 e. The monoisotopic (exact) mass is 297 g/mol. The fourth-order valence-corrected chi connectivity index (χ4v) is 3.21. The number of hydrogen-bond acceptors (Lipinski definition) is 4. The van der Waals surface area contributed by atoms with Crippen LogP contribution in [-0.2, 0) is 17.8 Å². The van der Waals surface area contributed by atoms with Gasteiger partial charge in [0.1, 0.15) is 12.4 Å². The van der Waals surface area contributed by atoms with Crippen LogP contribution in [-0.4, -0.2) is 23.6 Å². The Labute approximate surface area is 132 Å². The van der Waals surface area contributed by atoms with Gasteiger partial charge in [-0.25, -0.2) is 9.97 Å². The molecular formula is C18H23N3O. The zero-order valence-corrected chi connectivity index (χ0v) is 13.3. The molecule has 1 heterocycles. The van der Waals surface area contributed by atoms with Crippen LogP contribution in [0.2, 0.25) is 0 Å². The maximum Gasteiger partial charge on any atom is 0.156 e. The van der Waals surface area contributed by atoms with Gasteiger partial charge >= 0.3 is 0 Å². The number of nitrogens with one attached hydrogen (secondary N) is 1. The lowest BCUT2D eigenvalue weighted by Gasteiger charge is -2.26. The van der Waals surface area contributed by atoms with Gasteiger partial charge in [0.2, 0.25) is 0 Å². The Morgan fingerprint density at radius 3 is 3.00 bits per heavy atom. The normalized spacial score (nSPS) is 17.1. The van der Waals surface area contributed by atoms with E-state index < -0.39 is 0 Å². The first kappa shape index (κ1) is 15.0. The number of ether oxygens (including phenoxy) is 1. The van der Waals surface area contributed by atoms with Crippen LogP contribution in [0, 0.1) is 6.92 Å². The van der Waals surface area contributed by atoms with Crippen molar-refractivity contribution >= 4 is 5.82 Å². The molecule has 0 spiro atoms. The third-order valence-corrected chi connectivity index (χ3v) is 4.20. The molecule has 4 heteroatoms. The van der Waals surface area contributed by atoms with Gasteiger partial charge in [0, 0.05) is 31.3 Å². The lowest BCUT2D eigenvalue weighted by atomic mass is 9.83. The van der Waals surface area contributed by atoms with Gasteiger partial charge < -0.3 is 10.1 Å². The van der Waals surface area contributed by atoms with E-state index >= 15 is 0 Å². The number of aryl methyl sites for hydroxylation is 2. The predicted octanol–water partition coefficient (Wildman–Crippen LogP) is 3.46. The van der Waals surface area contributed by atoms with E-state index in [0.29, 0.717) is 12.5 Å². The first-order chi connectivity index (χ1) is 10.8. The number of anilines is 1. The topological polar surface area (TPSA) is 47.0 Å². The Balaban J connectivity index is 1.71. The standard InChI is InChI=1S/C18H23N3O/c1-13-10-17(21-18(20-13)12-22-2)19-11-15-8-5-7-14-6-3-4-9-16(14)15/h3-4,6,9-10,15H,5,7-8,11-12H2,1-2H3,(H,19,20,21).